The lowest BCUT2D eigenvalue weighted by molar-refractivity contribution is -0.133. The van der Waals surface area contributed by atoms with Crippen LogP contribution in [0, 0.1) is 0 Å². The van der Waals surface area contributed by atoms with Crippen LogP contribution in [0.15, 0.2) is 18.3 Å². The molecule has 4 nitrogen and oxygen atoms in total. The summed E-state index contributed by atoms with van der Waals surface area (Å²) in [6.45, 7) is 0.829. The third-order valence-corrected chi connectivity index (χ3v) is 4.11. The van der Waals surface area contributed by atoms with Gasteiger partial charge in [-0.15, -0.1) is 0 Å². The van der Waals surface area contributed by atoms with E-state index in [1.165, 1.54) is 0 Å². The molecule has 1 amide bonds. The normalized spacial score (nSPS) is 21.2. The number of carbonyl (C=O) groups excluding carboxylic acids is 1. The van der Waals surface area contributed by atoms with E-state index in [1.54, 1.807) is 11.8 Å². The van der Waals surface area contributed by atoms with Crippen molar-refractivity contribution in [2.75, 3.05) is 18.6 Å². The molecule has 100 valence electrons. The van der Waals surface area contributed by atoms with Gasteiger partial charge in [0.25, 0.3) is 0 Å². The topological polar surface area (TPSA) is 62.1 Å². The maximum absolute atomic E-state index is 12.3. The van der Waals surface area contributed by atoms with Crippen LogP contribution >= 0.6 is 11.8 Å². The van der Waals surface area contributed by atoms with Gasteiger partial charge in [0.2, 0.25) is 5.91 Å². The lowest BCUT2D eigenvalue weighted by atomic mass is 10.1. The van der Waals surface area contributed by atoms with Gasteiger partial charge < -0.3 is 15.6 Å². The summed E-state index contributed by atoms with van der Waals surface area (Å²) in [7, 11) is 0. The summed E-state index contributed by atoms with van der Waals surface area (Å²) >= 11 is 1.73. The molecule has 1 aromatic heterocycles. The monoisotopic (exact) mass is 267 g/mol. The van der Waals surface area contributed by atoms with Gasteiger partial charge in [0.05, 0.1) is 12.1 Å². The van der Waals surface area contributed by atoms with E-state index < -0.39 is 0 Å². The second kappa shape index (κ2) is 6.29. The number of carbonyl (C=O) groups is 1. The van der Waals surface area contributed by atoms with Gasteiger partial charge >= 0.3 is 0 Å². The van der Waals surface area contributed by atoms with E-state index in [9.17, 15) is 4.79 Å². The number of nitrogens with two attached hydrogens (primary N) is 1. The fourth-order valence-electron chi connectivity index (χ4n) is 2.49. The molecular weight excluding hydrogens is 246 g/mol. The van der Waals surface area contributed by atoms with Crippen LogP contribution in [0.5, 0.6) is 0 Å². The van der Waals surface area contributed by atoms with E-state index in [1.807, 2.05) is 29.5 Å². The Morgan fingerprint density at radius 2 is 2.56 bits per heavy atom. The molecule has 1 saturated heterocycles. The summed E-state index contributed by atoms with van der Waals surface area (Å²) in [6, 6.07) is 3.86. The number of thioether (sulfide) groups is 1. The van der Waals surface area contributed by atoms with Gasteiger partial charge in [0.15, 0.2) is 0 Å². The highest BCUT2D eigenvalue weighted by atomic mass is 32.2. The molecule has 2 rings (SSSR count). The molecule has 0 aromatic carbocycles. The molecule has 2 heterocycles. The van der Waals surface area contributed by atoms with E-state index >= 15 is 0 Å². The van der Waals surface area contributed by atoms with Crippen LogP contribution in [0.1, 0.15) is 31.0 Å². The van der Waals surface area contributed by atoms with Crippen molar-refractivity contribution in [3.63, 3.8) is 0 Å². The summed E-state index contributed by atoms with van der Waals surface area (Å²) in [5.74, 6) is 1.04. The van der Waals surface area contributed by atoms with Gasteiger partial charge in [0, 0.05) is 18.4 Å². The van der Waals surface area contributed by atoms with Crippen molar-refractivity contribution >= 4 is 17.7 Å². The van der Waals surface area contributed by atoms with Crippen LogP contribution in [0.2, 0.25) is 0 Å². The van der Waals surface area contributed by atoms with Gasteiger partial charge in [0.1, 0.15) is 0 Å². The zero-order chi connectivity index (χ0) is 13.0. The van der Waals surface area contributed by atoms with E-state index in [0.29, 0.717) is 0 Å². The van der Waals surface area contributed by atoms with E-state index in [-0.39, 0.29) is 18.0 Å². The van der Waals surface area contributed by atoms with Crippen LogP contribution in [-0.2, 0) is 4.79 Å². The highest BCUT2D eigenvalue weighted by Crippen LogP contribution is 2.31. The molecule has 1 unspecified atom stereocenters. The third kappa shape index (κ3) is 2.90. The average molecular weight is 267 g/mol. The van der Waals surface area contributed by atoms with Crippen molar-refractivity contribution in [3.8, 4) is 0 Å². The Balaban J connectivity index is 2.00. The summed E-state index contributed by atoms with van der Waals surface area (Å²) in [6.07, 6.45) is 6.79. The van der Waals surface area contributed by atoms with Crippen LogP contribution < -0.4 is 5.73 Å². The fourth-order valence-corrected chi connectivity index (χ4v) is 2.98. The van der Waals surface area contributed by atoms with E-state index in [2.05, 4.69) is 4.98 Å². The number of amides is 1. The minimum atomic E-state index is -0.354. The Morgan fingerprint density at radius 3 is 3.22 bits per heavy atom. The first-order valence-electron chi connectivity index (χ1n) is 6.42. The second-order valence-corrected chi connectivity index (χ2v) is 5.69. The van der Waals surface area contributed by atoms with Crippen LogP contribution in [0.4, 0.5) is 0 Å². The van der Waals surface area contributed by atoms with Gasteiger partial charge in [-0.05, 0) is 43.4 Å². The zero-order valence-electron chi connectivity index (χ0n) is 10.8. The minimum Gasteiger partial charge on any atom is -0.363 e. The second-order valence-electron chi connectivity index (χ2n) is 4.70. The minimum absolute atomic E-state index is 0.0983. The Morgan fingerprint density at radius 1 is 1.72 bits per heavy atom. The van der Waals surface area contributed by atoms with Crippen molar-refractivity contribution in [1.82, 2.24) is 9.88 Å². The summed E-state index contributed by atoms with van der Waals surface area (Å²) in [5, 5.41) is 0. The van der Waals surface area contributed by atoms with Crippen LogP contribution in [0.25, 0.3) is 0 Å². The molecule has 5 heteroatoms. The quantitative estimate of drug-likeness (QED) is 0.854. The molecule has 18 heavy (non-hydrogen) atoms. The Labute approximate surface area is 112 Å². The van der Waals surface area contributed by atoms with Crippen molar-refractivity contribution in [2.45, 2.75) is 31.3 Å². The van der Waals surface area contributed by atoms with Gasteiger partial charge in [-0.25, -0.2) is 0 Å². The fraction of sp³-hybridized carbons (Fsp3) is 0.615. The first kappa shape index (κ1) is 13.5. The summed E-state index contributed by atoms with van der Waals surface area (Å²) < 4.78 is 0. The van der Waals surface area contributed by atoms with E-state index in [4.69, 9.17) is 5.73 Å². The van der Waals surface area contributed by atoms with Crippen molar-refractivity contribution in [1.29, 1.82) is 0 Å². The molecule has 3 N–H and O–H groups in total. The number of aromatic nitrogens is 1. The van der Waals surface area contributed by atoms with Crippen LogP contribution in [0.3, 0.4) is 0 Å². The average Bonchev–Trinajstić information content (AvgIpc) is 3.03. The van der Waals surface area contributed by atoms with Crippen molar-refractivity contribution < 1.29 is 4.79 Å². The molecule has 1 aromatic rings. The lowest BCUT2D eigenvalue weighted by Gasteiger charge is -2.26. The number of hydrogen-bond donors (Lipinski definition) is 2. The summed E-state index contributed by atoms with van der Waals surface area (Å²) in [4.78, 5) is 17.5. The first-order chi connectivity index (χ1) is 8.74. The molecule has 1 aliphatic heterocycles. The molecule has 0 saturated carbocycles. The molecular formula is C13H21N3OS. The number of H-pyrrole nitrogens is 1. The smallest absolute Gasteiger partial charge is 0.240 e. The van der Waals surface area contributed by atoms with Gasteiger partial charge in [-0.1, -0.05) is 0 Å². The van der Waals surface area contributed by atoms with Crippen molar-refractivity contribution in [3.05, 3.63) is 24.0 Å². The predicted molar refractivity (Wildman–Crippen MR) is 75.5 cm³/mol. The first-order valence-corrected chi connectivity index (χ1v) is 7.81. The van der Waals surface area contributed by atoms with Crippen molar-refractivity contribution in [2.24, 2.45) is 5.73 Å². The number of likely N-dealkylation sites (tertiary alicyclic amines) is 1. The standard InChI is InChI=1S/C13H21N3OS/c1-18-9-6-10(14)13(17)16-8-3-5-12(16)11-4-2-7-15-11/h2,4,7,10,12,15H,3,5-6,8-9,14H2,1H3/t10-,12?/m0/s1. The highest BCUT2D eigenvalue weighted by molar-refractivity contribution is 7.98. The Hall–Kier alpha value is -0.940. The molecule has 1 aliphatic rings. The molecule has 2 atom stereocenters. The Kier molecular flexibility index (Phi) is 4.72. The largest absolute Gasteiger partial charge is 0.363 e. The maximum atomic E-state index is 12.3. The van der Waals surface area contributed by atoms with E-state index in [0.717, 1.165) is 37.3 Å². The number of nitrogens with zero attached hydrogens (tertiary/aromatic N) is 1. The Bertz CT molecular complexity index is 380. The SMILES string of the molecule is CSCC[C@H](N)C(=O)N1CCCC1c1ccc[nH]1. The molecule has 1 fully saturated rings. The van der Waals surface area contributed by atoms with Gasteiger partial charge in [-0.2, -0.15) is 11.8 Å². The maximum Gasteiger partial charge on any atom is 0.240 e. The molecule has 0 aliphatic carbocycles. The molecule has 0 bridgehead atoms. The van der Waals surface area contributed by atoms with Crippen LogP contribution in [-0.4, -0.2) is 40.4 Å². The summed E-state index contributed by atoms with van der Waals surface area (Å²) in [5.41, 5.74) is 7.11. The zero-order valence-corrected chi connectivity index (χ0v) is 11.6. The third-order valence-electron chi connectivity index (χ3n) is 3.47. The highest BCUT2D eigenvalue weighted by Gasteiger charge is 2.32. The number of nitrogens with one attached hydrogen (secondary N) is 1. The van der Waals surface area contributed by atoms with Gasteiger partial charge in [-0.3, -0.25) is 4.79 Å². The number of rotatable bonds is 5. The molecule has 0 spiro atoms. The number of hydrogen-bond acceptors (Lipinski definition) is 3. The lowest BCUT2D eigenvalue weighted by Crippen LogP contribution is -2.43. The number of aromatic amines is 1. The molecule has 0 radical (unpaired) electrons. The predicted octanol–water partition coefficient (Wildman–Crippen LogP) is 1.76.